The molecule has 3 rings (SSSR count). The number of ether oxygens (including phenoxy) is 2. The first kappa shape index (κ1) is 27.1. The molecular weight excluding hydrogens is 480 g/mol. The van der Waals surface area contributed by atoms with Gasteiger partial charge in [-0.2, -0.15) is 0 Å². The zero-order valence-corrected chi connectivity index (χ0v) is 22.3. The van der Waals surface area contributed by atoms with Crippen molar-refractivity contribution in [3.63, 3.8) is 0 Å². The number of nitrogens with zero attached hydrogens (tertiary/aromatic N) is 3. The number of benzene rings is 2. The molecule has 1 N–H and O–H groups in total. The summed E-state index contributed by atoms with van der Waals surface area (Å²) in [6, 6.07) is 11.1. The number of halogens is 1. The van der Waals surface area contributed by atoms with Crippen LogP contribution in [-0.4, -0.2) is 33.3 Å². The van der Waals surface area contributed by atoms with Crippen LogP contribution in [0.2, 0.25) is 5.02 Å². The predicted octanol–water partition coefficient (Wildman–Crippen LogP) is 5.00. The van der Waals surface area contributed by atoms with E-state index in [1.165, 1.54) is 0 Å². The van der Waals surface area contributed by atoms with Crippen molar-refractivity contribution in [1.29, 1.82) is 0 Å². The summed E-state index contributed by atoms with van der Waals surface area (Å²) in [5.74, 6) is 0.367. The Hall–Kier alpha value is -3.52. The summed E-state index contributed by atoms with van der Waals surface area (Å²) in [6.07, 6.45) is 2.95. The molecule has 3 aromatic rings. The second-order valence-electron chi connectivity index (χ2n) is 9.49. The highest BCUT2D eigenvalue weighted by Gasteiger charge is 2.16. The van der Waals surface area contributed by atoms with Crippen molar-refractivity contribution in [3.05, 3.63) is 81.7 Å². The number of rotatable bonds is 7. The number of aryl methyl sites for hydroxylation is 2. The van der Waals surface area contributed by atoms with E-state index < -0.39 is 11.7 Å². The predicted molar refractivity (Wildman–Crippen MR) is 139 cm³/mol. The van der Waals surface area contributed by atoms with Gasteiger partial charge in [-0.3, -0.25) is 4.79 Å². The zero-order chi connectivity index (χ0) is 26.5. The molecule has 192 valence electrons. The van der Waals surface area contributed by atoms with Gasteiger partial charge in [0.25, 0.3) is 5.91 Å². The van der Waals surface area contributed by atoms with E-state index >= 15 is 0 Å². The summed E-state index contributed by atoms with van der Waals surface area (Å²) >= 11 is 6.10. The summed E-state index contributed by atoms with van der Waals surface area (Å²) in [4.78, 5) is 29.4. The molecule has 36 heavy (non-hydrogen) atoms. The van der Waals surface area contributed by atoms with E-state index in [0.717, 1.165) is 16.7 Å². The average molecular weight is 513 g/mol. The molecule has 0 aliphatic carbocycles. The third kappa shape index (κ3) is 7.49. The Morgan fingerprint density at radius 2 is 1.83 bits per heavy atom. The molecule has 0 bridgehead atoms. The third-order valence-electron chi connectivity index (χ3n) is 5.20. The van der Waals surface area contributed by atoms with Crippen LogP contribution in [0, 0.1) is 6.92 Å². The molecule has 0 atom stereocenters. The molecule has 0 unspecified atom stereocenters. The third-order valence-corrected chi connectivity index (χ3v) is 5.62. The Labute approximate surface area is 216 Å². The maximum absolute atomic E-state index is 13.0. The fraction of sp³-hybridized carbons (Fsp3) is 0.370. The van der Waals surface area contributed by atoms with E-state index in [-0.39, 0.29) is 5.91 Å². The van der Waals surface area contributed by atoms with Gasteiger partial charge in [0.15, 0.2) is 0 Å². The molecule has 0 aliphatic heterocycles. The van der Waals surface area contributed by atoms with Crippen molar-refractivity contribution >= 4 is 23.6 Å². The number of hydrogen-bond acceptors (Lipinski definition) is 4. The van der Waals surface area contributed by atoms with Crippen molar-refractivity contribution in [2.24, 2.45) is 12.0 Å². The van der Waals surface area contributed by atoms with Gasteiger partial charge in [-0.05, 0) is 75.6 Å². The second-order valence-corrected chi connectivity index (χ2v) is 9.90. The van der Waals surface area contributed by atoms with Gasteiger partial charge >= 0.3 is 6.09 Å². The van der Waals surface area contributed by atoms with Crippen molar-refractivity contribution < 1.29 is 19.1 Å². The van der Waals surface area contributed by atoms with E-state index in [1.54, 1.807) is 44.6 Å². The highest BCUT2D eigenvalue weighted by molar-refractivity contribution is 6.31. The van der Waals surface area contributed by atoms with Crippen LogP contribution >= 0.6 is 11.6 Å². The Kier molecular flexibility index (Phi) is 8.63. The highest BCUT2D eigenvalue weighted by Crippen LogP contribution is 2.20. The van der Waals surface area contributed by atoms with Crippen molar-refractivity contribution in [2.75, 3.05) is 6.61 Å². The van der Waals surface area contributed by atoms with E-state index in [1.807, 2.05) is 54.9 Å². The first-order valence-corrected chi connectivity index (χ1v) is 12.1. The first-order chi connectivity index (χ1) is 16.9. The monoisotopic (exact) mass is 512 g/mol. The Balaban J connectivity index is 1.85. The molecule has 1 heterocycles. The SMILES string of the molecule is CCOc1cc(Cn2ccn(C)/c2=N\C(=O)OC(C)(C)C)cc(C(=O)NCc2ccc(Cl)c(C)c2)c1. The normalized spacial score (nSPS) is 11.9. The molecule has 9 heteroatoms. The molecule has 1 aromatic heterocycles. The van der Waals surface area contributed by atoms with E-state index in [4.69, 9.17) is 21.1 Å². The number of carbonyl (C=O) groups is 2. The van der Waals surface area contributed by atoms with Crippen LogP contribution in [0.5, 0.6) is 5.75 Å². The van der Waals surface area contributed by atoms with E-state index in [2.05, 4.69) is 10.3 Å². The maximum Gasteiger partial charge on any atom is 0.437 e. The number of aromatic nitrogens is 2. The van der Waals surface area contributed by atoms with Crippen LogP contribution in [-0.2, 0) is 24.9 Å². The number of amides is 2. The summed E-state index contributed by atoms with van der Waals surface area (Å²) < 4.78 is 14.6. The van der Waals surface area contributed by atoms with Crippen LogP contribution in [0.4, 0.5) is 4.79 Å². The number of carbonyl (C=O) groups excluding carboxylic acids is 2. The second kappa shape index (κ2) is 11.5. The lowest BCUT2D eigenvalue weighted by Crippen LogP contribution is -2.29. The van der Waals surface area contributed by atoms with Crippen molar-refractivity contribution in [1.82, 2.24) is 14.5 Å². The van der Waals surface area contributed by atoms with Gasteiger partial charge in [-0.1, -0.05) is 23.7 Å². The Morgan fingerprint density at radius 1 is 1.08 bits per heavy atom. The van der Waals surface area contributed by atoms with Crippen LogP contribution in [0.1, 0.15) is 54.7 Å². The minimum absolute atomic E-state index is 0.220. The lowest BCUT2D eigenvalue weighted by molar-refractivity contribution is 0.0593. The molecular formula is C27H33ClN4O4. The Bertz CT molecular complexity index is 1320. The van der Waals surface area contributed by atoms with Crippen LogP contribution in [0.15, 0.2) is 53.8 Å². The molecule has 2 aromatic carbocycles. The highest BCUT2D eigenvalue weighted by atomic mass is 35.5. The fourth-order valence-corrected chi connectivity index (χ4v) is 3.70. The van der Waals surface area contributed by atoms with Gasteiger partial charge < -0.3 is 23.9 Å². The van der Waals surface area contributed by atoms with Gasteiger partial charge in [0.1, 0.15) is 11.4 Å². The minimum atomic E-state index is -0.668. The Morgan fingerprint density at radius 3 is 2.50 bits per heavy atom. The first-order valence-electron chi connectivity index (χ1n) is 11.7. The lowest BCUT2D eigenvalue weighted by atomic mass is 10.1. The molecule has 0 spiro atoms. The quantitative estimate of drug-likeness (QED) is 0.482. The molecule has 0 aliphatic rings. The maximum atomic E-state index is 13.0. The number of nitrogens with one attached hydrogen (secondary N) is 1. The fourth-order valence-electron chi connectivity index (χ4n) is 3.58. The summed E-state index contributed by atoms with van der Waals surface area (Å²) in [5.41, 5.74) is 3.00. The van der Waals surface area contributed by atoms with Crippen molar-refractivity contribution in [2.45, 2.75) is 53.3 Å². The smallest absolute Gasteiger partial charge is 0.437 e. The molecule has 0 fully saturated rings. The molecule has 0 radical (unpaired) electrons. The number of imidazole rings is 1. The van der Waals surface area contributed by atoms with Gasteiger partial charge in [0.2, 0.25) is 5.62 Å². The largest absolute Gasteiger partial charge is 0.494 e. The van der Waals surface area contributed by atoms with Gasteiger partial charge in [-0.25, -0.2) is 4.79 Å². The van der Waals surface area contributed by atoms with Gasteiger partial charge in [0, 0.05) is 36.6 Å². The minimum Gasteiger partial charge on any atom is -0.494 e. The average Bonchev–Trinajstić information content (AvgIpc) is 3.12. The van der Waals surface area contributed by atoms with Crippen LogP contribution in [0.3, 0.4) is 0 Å². The topological polar surface area (TPSA) is 86.8 Å². The number of hydrogen-bond donors (Lipinski definition) is 1. The molecule has 0 saturated carbocycles. The van der Waals surface area contributed by atoms with Crippen LogP contribution < -0.4 is 15.7 Å². The molecule has 0 saturated heterocycles. The standard InChI is InChI=1S/C27H33ClN4O4/c1-7-35-22-14-20(17-32-11-10-31(6)25(32)30-26(34)36-27(3,4)5)13-21(15-22)24(33)29-16-19-8-9-23(28)18(2)12-19/h8-15H,7,16-17H2,1-6H3,(H,29,33)/b30-25+. The van der Waals surface area contributed by atoms with E-state index in [0.29, 0.717) is 41.7 Å². The van der Waals surface area contributed by atoms with Gasteiger partial charge in [0.05, 0.1) is 13.2 Å². The zero-order valence-electron chi connectivity index (χ0n) is 21.6. The summed E-state index contributed by atoms with van der Waals surface area (Å²) in [7, 11) is 1.80. The molecule has 2 amide bonds. The van der Waals surface area contributed by atoms with Crippen molar-refractivity contribution in [3.8, 4) is 5.75 Å². The summed E-state index contributed by atoms with van der Waals surface area (Å²) in [5, 5.41) is 3.65. The lowest BCUT2D eigenvalue weighted by Gasteiger charge is -2.17. The summed E-state index contributed by atoms with van der Waals surface area (Å²) in [6.45, 7) is 10.4. The van der Waals surface area contributed by atoms with Crippen LogP contribution in [0.25, 0.3) is 0 Å². The van der Waals surface area contributed by atoms with E-state index in [9.17, 15) is 9.59 Å². The van der Waals surface area contributed by atoms with Gasteiger partial charge in [-0.15, -0.1) is 4.99 Å². The molecule has 8 nitrogen and oxygen atoms in total.